The summed E-state index contributed by atoms with van der Waals surface area (Å²) < 4.78 is 5.24. The first-order chi connectivity index (χ1) is 7.66. The lowest BCUT2D eigenvalue weighted by atomic mass is 9.85. The number of β-lactam (4-membered cyclic amide) rings is 1. The molecule has 0 aromatic carbocycles. The van der Waals surface area contributed by atoms with Gasteiger partial charge >= 0.3 is 0 Å². The zero-order chi connectivity index (χ0) is 11.7. The van der Waals surface area contributed by atoms with Crippen molar-refractivity contribution in [3.8, 4) is 0 Å². The van der Waals surface area contributed by atoms with Gasteiger partial charge in [0.1, 0.15) is 0 Å². The summed E-state index contributed by atoms with van der Waals surface area (Å²) in [7, 11) is 1.61. The maximum absolute atomic E-state index is 12.0. The number of hydrogen-bond donors (Lipinski definition) is 0. The van der Waals surface area contributed by atoms with Gasteiger partial charge in [0, 0.05) is 13.2 Å². The van der Waals surface area contributed by atoms with Crippen LogP contribution in [0.15, 0.2) is 12.2 Å². The van der Waals surface area contributed by atoms with E-state index in [9.17, 15) is 4.79 Å². The van der Waals surface area contributed by atoms with Crippen LogP contribution in [-0.4, -0.2) is 36.1 Å². The molecule has 0 bridgehead atoms. The van der Waals surface area contributed by atoms with Crippen molar-refractivity contribution in [1.29, 1.82) is 0 Å². The molecule has 1 aliphatic heterocycles. The molecule has 2 fully saturated rings. The van der Waals surface area contributed by atoms with Crippen molar-refractivity contribution < 1.29 is 9.53 Å². The van der Waals surface area contributed by atoms with Crippen molar-refractivity contribution in [2.45, 2.75) is 57.2 Å². The van der Waals surface area contributed by atoms with Crippen LogP contribution in [0.4, 0.5) is 0 Å². The van der Waals surface area contributed by atoms with Gasteiger partial charge in [-0.15, -0.1) is 0 Å². The van der Waals surface area contributed by atoms with Crippen LogP contribution in [0, 0.1) is 0 Å². The molecule has 0 spiro atoms. The quantitative estimate of drug-likeness (QED) is 0.542. The first-order valence-corrected chi connectivity index (χ1v) is 6.17. The molecule has 1 heterocycles. The van der Waals surface area contributed by atoms with Crippen molar-refractivity contribution in [3.63, 3.8) is 0 Å². The molecule has 16 heavy (non-hydrogen) atoms. The summed E-state index contributed by atoms with van der Waals surface area (Å²) in [6.45, 7) is 5.97. The lowest BCUT2D eigenvalue weighted by Gasteiger charge is -2.51. The van der Waals surface area contributed by atoms with Gasteiger partial charge in [0.2, 0.25) is 0 Å². The summed E-state index contributed by atoms with van der Waals surface area (Å²) in [4.78, 5) is 14.0. The second-order valence-electron chi connectivity index (χ2n) is 4.98. The Morgan fingerprint density at radius 1 is 1.38 bits per heavy atom. The van der Waals surface area contributed by atoms with Crippen LogP contribution in [0.5, 0.6) is 0 Å². The summed E-state index contributed by atoms with van der Waals surface area (Å²) >= 11 is 0. The van der Waals surface area contributed by atoms with Gasteiger partial charge in [-0.05, 0) is 19.8 Å². The molecule has 1 amide bonds. The van der Waals surface area contributed by atoms with Crippen molar-refractivity contribution in [2.75, 3.05) is 7.11 Å². The van der Waals surface area contributed by atoms with E-state index in [1.807, 2.05) is 11.8 Å². The normalized spacial score (nSPS) is 31.4. The molecule has 0 aromatic rings. The summed E-state index contributed by atoms with van der Waals surface area (Å²) in [5.74, 6) is 0.155. The van der Waals surface area contributed by atoms with Gasteiger partial charge in [0.15, 0.2) is 6.10 Å². The van der Waals surface area contributed by atoms with E-state index in [0.717, 1.165) is 18.4 Å². The SMILES string of the molecule is C=C(C)[C@H]1[C@@H](OC)C(=O)N1C1CCCCC1. The van der Waals surface area contributed by atoms with E-state index in [1.54, 1.807) is 7.11 Å². The summed E-state index contributed by atoms with van der Waals surface area (Å²) in [5, 5.41) is 0. The average Bonchev–Trinajstić information content (AvgIpc) is 2.27. The van der Waals surface area contributed by atoms with Crippen molar-refractivity contribution in [2.24, 2.45) is 0 Å². The molecule has 2 atom stereocenters. The Kier molecular flexibility index (Phi) is 3.33. The fourth-order valence-corrected chi connectivity index (χ4v) is 2.97. The molecule has 0 aromatic heterocycles. The van der Waals surface area contributed by atoms with Crippen LogP contribution in [0.2, 0.25) is 0 Å². The highest BCUT2D eigenvalue weighted by atomic mass is 16.5. The van der Waals surface area contributed by atoms with Crippen molar-refractivity contribution in [1.82, 2.24) is 4.90 Å². The van der Waals surface area contributed by atoms with E-state index in [-0.39, 0.29) is 18.1 Å². The maximum Gasteiger partial charge on any atom is 0.255 e. The summed E-state index contributed by atoms with van der Waals surface area (Å²) in [6, 6.07) is 0.537. The standard InChI is InChI=1S/C13H21NO2/c1-9(2)11-12(16-3)13(15)14(11)10-7-5-4-6-8-10/h10-12H,1,4-8H2,2-3H3/t11-,12+/m0/s1. The largest absolute Gasteiger partial charge is 0.369 e. The monoisotopic (exact) mass is 223 g/mol. The molecule has 3 nitrogen and oxygen atoms in total. The number of carbonyl (C=O) groups is 1. The van der Waals surface area contributed by atoms with E-state index >= 15 is 0 Å². The number of hydrogen-bond acceptors (Lipinski definition) is 2. The highest BCUT2D eigenvalue weighted by molar-refractivity contribution is 5.90. The minimum absolute atomic E-state index is 0.112. The number of likely N-dealkylation sites (tertiary alicyclic amines) is 1. The molecule has 0 N–H and O–H groups in total. The number of ether oxygens (including phenoxy) is 1. The predicted molar refractivity (Wildman–Crippen MR) is 63.1 cm³/mol. The molecule has 0 radical (unpaired) electrons. The molecule has 1 saturated carbocycles. The highest BCUT2D eigenvalue weighted by Crippen LogP contribution is 2.35. The van der Waals surface area contributed by atoms with Crippen LogP contribution in [0.25, 0.3) is 0 Å². The summed E-state index contributed by atoms with van der Waals surface area (Å²) in [5.41, 5.74) is 1.04. The van der Waals surface area contributed by atoms with E-state index in [1.165, 1.54) is 19.3 Å². The Bertz CT molecular complexity index is 294. The van der Waals surface area contributed by atoms with Gasteiger partial charge in [0.05, 0.1) is 6.04 Å². The van der Waals surface area contributed by atoms with Crippen LogP contribution in [0.1, 0.15) is 39.0 Å². The van der Waals surface area contributed by atoms with Crippen molar-refractivity contribution in [3.05, 3.63) is 12.2 Å². The summed E-state index contributed by atoms with van der Waals surface area (Å²) in [6.07, 6.45) is 5.81. The fourth-order valence-electron chi connectivity index (χ4n) is 2.97. The third kappa shape index (κ3) is 1.77. The molecule has 90 valence electrons. The van der Waals surface area contributed by atoms with Gasteiger partial charge in [-0.3, -0.25) is 4.79 Å². The van der Waals surface area contributed by atoms with Crippen LogP contribution < -0.4 is 0 Å². The van der Waals surface area contributed by atoms with E-state index in [0.29, 0.717) is 6.04 Å². The van der Waals surface area contributed by atoms with Gasteiger partial charge in [-0.25, -0.2) is 0 Å². The van der Waals surface area contributed by atoms with Gasteiger partial charge in [-0.1, -0.05) is 31.4 Å². The molecular formula is C13H21NO2. The Hall–Kier alpha value is -0.830. The predicted octanol–water partition coefficient (Wildman–Crippen LogP) is 2.12. The second kappa shape index (κ2) is 4.58. The highest BCUT2D eigenvalue weighted by Gasteiger charge is 2.50. The Balaban J connectivity index is 2.08. The lowest BCUT2D eigenvalue weighted by Crippen LogP contribution is -2.68. The number of nitrogens with zero attached hydrogens (tertiary/aromatic N) is 1. The topological polar surface area (TPSA) is 29.5 Å². The molecule has 1 saturated heterocycles. The molecule has 2 rings (SSSR count). The van der Waals surface area contributed by atoms with Crippen LogP contribution >= 0.6 is 0 Å². The first-order valence-electron chi connectivity index (χ1n) is 6.17. The maximum atomic E-state index is 12.0. The number of rotatable bonds is 3. The molecular weight excluding hydrogens is 202 g/mol. The minimum atomic E-state index is -0.278. The molecule has 0 unspecified atom stereocenters. The Labute approximate surface area is 97.5 Å². The first kappa shape index (κ1) is 11.6. The number of methoxy groups -OCH3 is 1. The molecule has 1 aliphatic carbocycles. The van der Waals surface area contributed by atoms with Crippen LogP contribution in [-0.2, 0) is 9.53 Å². The number of amides is 1. The van der Waals surface area contributed by atoms with Gasteiger partial charge in [-0.2, -0.15) is 0 Å². The zero-order valence-electron chi connectivity index (χ0n) is 10.2. The van der Waals surface area contributed by atoms with Crippen LogP contribution in [0.3, 0.4) is 0 Å². The third-order valence-electron chi connectivity index (χ3n) is 3.81. The van der Waals surface area contributed by atoms with E-state index in [2.05, 4.69) is 6.58 Å². The minimum Gasteiger partial charge on any atom is -0.369 e. The fraction of sp³-hybridized carbons (Fsp3) is 0.769. The second-order valence-corrected chi connectivity index (χ2v) is 4.98. The zero-order valence-corrected chi connectivity index (χ0v) is 10.2. The molecule has 3 heteroatoms. The van der Waals surface area contributed by atoms with Gasteiger partial charge in [0.25, 0.3) is 5.91 Å². The smallest absolute Gasteiger partial charge is 0.255 e. The molecule has 2 aliphatic rings. The van der Waals surface area contributed by atoms with E-state index in [4.69, 9.17) is 4.74 Å². The lowest BCUT2D eigenvalue weighted by molar-refractivity contribution is -0.173. The Morgan fingerprint density at radius 2 is 2.00 bits per heavy atom. The Morgan fingerprint density at radius 3 is 2.50 bits per heavy atom. The average molecular weight is 223 g/mol. The van der Waals surface area contributed by atoms with Crippen molar-refractivity contribution >= 4 is 5.91 Å². The van der Waals surface area contributed by atoms with E-state index < -0.39 is 0 Å². The number of carbonyl (C=O) groups excluding carboxylic acids is 1. The third-order valence-corrected chi connectivity index (χ3v) is 3.81. The van der Waals surface area contributed by atoms with Gasteiger partial charge < -0.3 is 9.64 Å².